The average Bonchev–Trinajstić information content (AvgIpc) is 3.51. The van der Waals surface area contributed by atoms with E-state index in [0.29, 0.717) is 34.4 Å². The van der Waals surface area contributed by atoms with Crippen molar-refractivity contribution in [3.63, 3.8) is 0 Å². The molecule has 0 spiro atoms. The van der Waals surface area contributed by atoms with Crippen molar-refractivity contribution < 1.29 is 0 Å². The lowest BCUT2D eigenvalue weighted by molar-refractivity contribution is 0.618. The normalized spacial score (nSPS) is 12.9. The summed E-state index contributed by atoms with van der Waals surface area (Å²) in [6.07, 6.45) is 5.19. The Bertz CT molecular complexity index is 1810. The molecule has 0 unspecified atom stereocenters. The predicted molar refractivity (Wildman–Crippen MR) is 174 cm³/mol. The number of hydrogen-bond acceptors (Lipinski definition) is 6. The maximum Gasteiger partial charge on any atom is 0.329 e. The van der Waals surface area contributed by atoms with E-state index in [2.05, 4.69) is 57.6 Å². The van der Waals surface area contributed by atoms with Gasteiger partial charge in [-0.05, 0) is 49.7 Å². The molecule has 6 rings (SSSR count). The standard InChI is InChI=1S/2C17H20N4O/c2*1-11(2)9-14-10-18-15-16(19-14)21(17(22)20-15)12(3)13-7-5-4-6-8-13/h2*4-8,10-12H,9H2,1-3H3,(H,18,20,22)/t2*12-/m00/s1. The third-order valence-corrected chi connectivity index (χ3v) is 7.53. The summed E-state index contributed by atoms with van der Waals surface area (Å²) in [5, 5.41) is 0. The van der Waals surface area contributed by atoms with Crippen LogP contribution in [-0.4, -0.2) is 39.0 Å². The van der Waals surface area contributed by atoms with Gasteiger partial charge in [0.05, 0.1) is 35.9 Å². The second-order valence-corrected chi connectivity index (χ2v) is 12.0. The van der Waals surface area contributed by atoms with Gasteiger partial charge in [-0.3, -0.25) is 19.1 Å². The van der Waals surface area contributed by atoms with E-state index in [1.807, 2.05) is 74.5 Å². The summed E-state index contributed by atoms with van der Waals surface area (Å²) in [5.41, 5.74) is 5.95. The molecule has 0 saturated heterocycles. The summed E-state index contributed by atoms with van der Waals surface area (Å²) in [6.45, 7) is 12.6. The molecule has 0 aliphatic rings. The Labute approximate surface area is 256 Å². The summed E-state index contributed by atoms with van der Waals surface area (Å²) < 4.78 is 3.36. The summed E-state index contributed by atoms with van der Waals surface area (Å²) in [6, 6.07) is 19.7. The fraction of sp³-hybridized carbons (Fsp3) is 0.353. The van der Waals surface area contributed by atoms with E-state index in [9.17, 15) is 9.59 Å². The van der Waals surface area contributed by atoms with Crippen LogP contribution in [0.25, 0.3) is 22.6 Å². The SMILES string of the molecule is CC(C)Cc1cnc2[nH]c(=O)n([C@@H](C)c3ccccc3)c2n1.CC(C)Cc1cnc2[nH]c(=O)n([C@@H](C)c3ccccc3)c2n1. The van der Waals surface area contributed by atoms with E-state index in [1.165, 1.54) is 0 Å². The summed E-state index contributed by atoms with van der Waals surface area (Å²) in [5.74, 6) is 0.995. The first-order chi connectivity index (χ1) is 21.1. The fourth-order valence-corrected chi connectivity index (χ4v) is 5.37. The van der Waals surface area contributed by atoms with E-state index in [-0.39, 0.29) is 23.5 Å². The van der Waals surface area contributed by atoms with Crippen molar-refractivity contribution in [2.75, 3.05) is 0 Å². The molecule has 0 amide bonds. The van der Waals surface area contributed by atoms with Gasteiger partial charge in [0.15, 0.2) is 22.6 Å². The van der Waals surface area contributed by atoms with Crippen molar-refractivity contribution in [3.8, 4) is 0 Å². The lowest BCUT2D eigenvalue weighted by Crippen LogP contribution is -2.21. The molecule has 0 radical (unpaired) electrons. The molecule has 0 bridgehead atoms. The minimum absolute atomic E-state index is 0.0916. The molecule has 228 valence electrons. The quantitative estimate of drug-likeness (QED) is 0.228. The van der Waals surface area contributed by atoms with Gasteiger partial charge in [-0.1, -0.05) is 88.4 Å². The topological polar surface area (TPSA) is 127 Å². The molecule has 44 heavy (non-hydrogen) atoms. The second-order valence-electron chi connectivity index (χ2n) is 12.0. The third-order valence-electron chi connectivity index (χ3n) is 7.53. The first-order valence-corrected chi connectivity index (χ1v) is 15.1. The molecule has 6 aromatic rings. The number of nitrogens with zero attached hydrogens (tertiary/aromatic N) is 6. The van der Waals surface area contributed by atoms with Crippen molar-refractivity contribution in [2.24, 2.45) is 11.8 Å². The van der Waals surface area contributed by atoms with E-state index in [1.54, 1.807) is 21.5 Å². The highest BCUT2D eigenvalue weighted by atomic mass is 16.1. The molecule has 0 aliphatic carbocycles. The van der Waals surface area contributed by atoms with Gasteiger partial charge in [0, 0.05) is 0 Å². The lowest BCUT2D eigenvalue weighted by Gasteiger charge is -2.13. The average molecular weight is 593 g/mol. The van der Waals surface area contributed by atoms with Gasteiger partial charge < -0.3 is 0 Å². The van der Waals surface area contributed by atoms with E-state index < -0.39 is 0 Å². The van der Waals surface area contributed by atoms with Crippen LogP contribution in [0.3, 0.4) is 0 Å². The van der Waals surface area contributed by atoms with Crippen molar-refractivity contribution >= 4 is 22.6 Å². The van der Waals surface area contributed by atoms with Gasteiger partial charge in [0.2, 0.25) is 0 Å². The van der Waals surface area contributed by atoms with E-state index in [4.69, 9.17) is 0 Å². The first-order valence-electron chi connectivity index (χ1n) is 15.1. The van der Waals surface area contributed by atoms with E-state index in [0.717, 1.165) is 35.4 Å². The minimum atomic E-state index is -0.173. The van der Waals surface area contributed by atoms with Crippen molar-refractivity contribution in [1.29, 1.82) is 0 Å². The number of H-pyrrole nitrogens is 2. The van der Waals surface area contributed by atoms with Crippen LogP contribution in [0, 0.1) is 11.8 Å². The molecular formula is C34H40N8O2. The Morgan fingerprint density at radius 1 is 0.591 bits per heavy atom. The third kappa shape index (κ3) is 6.69. The number of rotatable bonds is 8. The molecule has 2 N–H and O–H groups in total. The zero-order valence-electron chi connectivity index (χ0n) is 26.2. The Hall–Kier alpha value is -4.86. The number of nitrogens with one attached hydrogen (secondary N) is 2. The molecule has 10 heteroatoms. The van der Waals surface area contributed by atoms with Gasteiger partial charge >= 0.3 is 11.4 Å². The molecule has 4 aromatic heterocycles. The highest BCUT2D eigenvalue weighted by Crippen LogP contribution is 2.21. The van der Waals surface area contributed by atoms with Crippen LogP contribution < -0.4 is 11.4 Å². The Morgan fingerprint density at radius 2 is 0.955 bits per heavy atom. The summed E-state index contributed by atoms with van der Waals surface area (Å²) >= 11 is 0. The maximum absolute atomic E-state index is 12.3. The largest absolute Gasteiger partial charge is 0.329 e. The van der Waals surface area contributed by atoms with Gasteiger partial charge in [0.25, 0.3) is 0 Å². The molecule has 0 saturated carbocycles. The van der Waals surface area contributed by atoms with Crippen molar-refractivity contribution in [3.05, 3.63) is 117 Å². The van der Waals surface area contributed by atoms with Crippen LogP contribution in [0.1, 0.15) is 76.1 Å². The molecule has 10 nitrogen and oxygen atoms in total. The van der Waals surface area contributed by atoms with Crippen LogP contribution >= 0.6 is 0 Å². The van der Waals surface area contributed by atoms with Gasteiger partial charge in [0.1, 0.15) is 0 Å². The van der Waals surface area contributed by atoms with Gasteiger partial charge in [-0.15, -0.1) is 0 Å². The number of fused-ring (bicyclic) bond motifs is 2. The first kappa shape index (κ1) is 30.6. The Morgan fingerprint density at radius 3 is 1.30 bits per heavy atom. The zero-order valence-corrected chi connectivity index (χ0v) is 26.2. The van der Waals surface area contributed by atoms with E-state index >= 15 is 0 Å². The molecule has 2 atom stereocenters. The van der Waals surface area contributed by atoms with Crippen LogP contribution in [0.15, 0.2) is 82.6 Å². The van der Waals surface area contributed by atoms with Gasteiger partial charge in [-0.25, -0.2) is 29.5 Å². The summed E-state index contributed by atoms with van der Waals surface area (Å²) in [4.78, 5) is 48.2. The van der Waals surface area contributed by atoms with Crippen LogP contribution in [-0.2, 0) is 12.8 Å². The number of imidazole rings is 2. The smallest absolute Gasteiger partial charge is 0.289 e. The lowest BCUT2D eigenvalue weighted by atomic mass is 10.1. The zero-order chi connectivity index (χ0) is 31.4. The predicted octanol–water partition coefficient (Wildman–Crippen LogP) is 5.85. The van der Waals surface area contributed by atoms with Gasteiger partial charge in [-0.2, -0.15) is 0 Å². The second kappa shape index (κ2) is 13.2. The van der Waals surface area contributed by atoms with Crippen molar-refractivity contribution in [1.82, 2.24) is 39.0 Å². The Balaban J connectivity index is 0.000000175. The number of aromatic amines is 2. The van der Waals surface area contributed by atoms with Crippen LogP contribution in [0.5, 0.6) is 0 Å². The summed E-state index contributed by atoms with van der Waals surface area (Å²) in [7, 11) is 0. The van der Waals surface area contributed by atoms with Crippen LogP contribution in [0.4, 0.5) is 0 Å². The highest BCUT2D eigenvalue weighted by molar-refractivity contribution is 5.66. The number of benzene rings is 2. The minimum Gasteiger partial charge on any atom is -0.289 e. The molecule has 4 heterocycles. The number of aromatic nitrogens is 8. The Kier molecular flexibility index (Phi) is 9.18. The fourth-order valence-electron chi connectivity index (χ4n) is 5.37. The number of hydrogen-bond donors (Lipinski definition) is 2. The van der Waals surface area contributed by atoms with Crippen LogP contribution in [0.2, 0.25) is 0 Å². The van der Waals surface area contributed by atoms with Crippen molar-refractivity contribution in [2.45, 2.75) is 66.5 Å². The monoisotopic (exact) mass is 592 g/mol. The molecule has 2 aromatic carbocycles. The maximum atomic E-state index is 12.3. The molecular weight excluding hydrogens is 552 g/mol. The molecule has 0 fully saturated rings. The highest BCUT2D eigenvalue weighted by Gasteiger charge is 2.18. The molecule has 0 aliphatic heterocycles.